The third-order valence-corrected chi connectivity index (χ3v) is 5.35. The van der Waals surface area contributed by atoms with Crippen molar-refractivity contribution in [1.29, 1.82) is 0 Å². The van der Waals surface area contributed by atoms with Crippen LogP contribution >= 0.6 is 0 Å². The molecule has 26 heavy (non-hydrogen) atoms. The van der Waals surface area contributed by atoms with E-state index in [1.165, 1.54) is 7.11 Å². The number of carbonyl (C=O) groups excluding carboxylic acids is 1. The first kappa shape index (κ1) is 20.1. The monoisotopic (exact) mass is 376 g/mol. The molecule has 6 heteroatoms. The molecule has 0 unspecified atom stereocenters. The van der Waals surface area contributed by atoms with Crippen LogP contribution in [0.1, 0.15) is 29.5 Å². The summed E-state index contributed by atoms with van der Waals surface area (Å²) in [5, 5.41) is 0. The molecule has 0 fully saturated rings. The zero-order valence-corrected chi connectivity index (χ0v) is 15.9. The summed E-state index contributed by atoms with van der Waals surface area (Å²) in [6.07, 6.45) is 2.33. The molecule has 2 aromatic rings. The molecular weight excluding hydrogens is 352 g/mol. The zero-order chi connectivity index (χ0) is 19.0. The van der Waals surface area contributed by atoms with Gasteiger partial charge in [-0.2, -0.15) is 8.42 Å². The molecule has 0 atom stereocenters. The van der Waals surface area contributed by atoms with Crippen molar-refractivity contribution in [3.05, 3.63) is 65.2 Å². The quantitative estimate of drug-likeness (QED) is 0.381. The predicted molar refractivity (Wildman–Crippen MR) is 99.4 cm³/mol. The molecule has 0 amide bonds. The van der Waals surface area contributed by atoms with Crippen molar-refractivity contribution in [1.82, 2.24) is 0 Å². The van der Waals surface area contributed by atoms with E-state index >= 15 is 0 Å². The van der Waals surface area contributed by atoms with Gasteiger partial charge >= 0.3 is 5.97 Å². The van der Waals surface area contributed by atoms with E-state index in [0.29, 0.717) is 19.3 Å². The summed E-state index contributed by atoms with van der Waals surface area (Å²) in [7, 11) is -2.32. The van der Waals surface area contributed by atoms with E-state index in [9.17, 15) is 13.2 Å². The summed E-state index contributed by atoms with van der Waals surface area (Å²) >= 11 is 0. The fraction of sp³-hybridized carbons (Fsp3) is 0.350. The third kappa shape index (κ3) is 6.28. The van der Waals surface area contributed by atoms with Gasteiger partial charge in [-0.15, -0.1) is 0 Å². The fourth-order valence-electron chi connectivity index (χ4n) is 2.44. The van der Waals surface area contributed by atoms with Gasteiger partial charge in [-0.25, -0.2) is 0 Å². The molecule has 0 spiro atoms. The number of hydrogen-bond acceptors (Lipinski definition) is 5. The molecule has 2 rings (SSSR count). The van der Waals surface area contributed by atoms with Crippen LogP contribution in [0.3, 0.4) is 0 Å². The van der Waals surface area contributed by atoms with Crippen molar-refractivity contribution in [2.75, 3.05) is 13.7 Å². The molecule has 0 heterocycles. The predicted octanol–water partition coefficient (Wildman–Crippen LogP) is 3.44. The van der Waals surface area contributed by atoms with Crippen molar-refractivity contribution < 1.29 is 22.1 Å². The van der Waals surface area contributed by atoms with Crippen molar-refractivity contribution in [3.8, 4) is 0 Å². The topological polar surface area (TPSA) is 69.7 Å². The minimum atomic E-state index is -3.70. The van der Waals surface area contributed by atoms with Crippen molar-refractivity contribution in [3.63, 3.8) is 0 Å². The molecule has 5 nitrogen and oxygen atoms in total. The average molecular weight is 376 g/mol. The van der Waals surface area contributed by atoms with Gasteiger partial charge in [0, 0.05) is 6.42 Å². The maximum atomic E-state index is 12.1. The van der Waals surface area contributed by atoms with Crippen molar-refractivity contribution >= 4 is 16.1 Å². The number of benzene rings is 2. The van der Waals surface area contributed by atoms with Gasteiger partial charge in [-0.05, 0) is 49.4 Å². The number of aryl methyl sites for hydroxylation is 3. The van der Waals surface area contributed by atoms with E-state index in [1.807, 2.05) is 31.2 Å². The molecule has 0 aliphatic rings. The average Bonchev–Trinajstić information content (AvgIpc) is 2.64. The van der Waals surface area contributed by atoms with Crippen LogP contribution in [0, 0.1) is 6.92 Å². The number of carbonyl (C=O) groups is 1. The molecular formula is C20H24O5S. The summed E-state index contributed by atoms with van der Waals surface area (Å²) < 4.78 is 33.9. The molecule has 2 aromatic carbocycles. The van der Waals surface area contributed by atoms with Gasteiger partial charge < -0.3 is 4.74 Å². The largest absolute Gasteiger partial charge is 0.469 e. The van der Waals surface area contributed by atoms with Crippen LogP contribution in [0.5, 0.6) is 0 Å². The van der Waals surface area contributed by atoms with Crippen LogP contribution in [0.25, 0.3) is 0 Å². The highest BCUT2D eigenvalue weighted by atomic mass is 32.2. The summed E-state index contributed by atoms with van der Waals surface area (Å²) in [4.78, 5) is 11.3. The van der Waals surface area contributed by atoms with Crippen LogP contribution in [-0.2, 0) is 36.7 Å². The first-order chi connectivity index (χ1) is 12.4. The molecule has 0 radical (unpaired) electrons. The highest BCUT2D eigenvalue weighted by molar-refractivity contribution is 7.86. The minimum absolute atomic E-state index is 0.139. The van der Waals surface area contributed by atoms with Crippen LogP contribution in [0.15, 0.2) is 53.4 Å². The van der Waals surface area contributed by atoms with Gasteiger partial charge in [-0.1, -0.05) is 42.0 Å². The lowest BCUT2D eigenvalue weighted by Crippen LogP contribution is -2.08. The Balaban J connectivity index is 1.77. The van der Waals surface area contributed by atoms with Gasteiger partial charge in [0.2, 0.25) is 0 Å². The highest BCUT2D eigenvalue weighted by Crippen LogP contribution is 2.14. The second kappa shape index (κ2) is 9.50. The first-order valence-electron chi connectivity index (χ1n) is 8.51. The number of esters is 1. The van der Waals surface area contributed by atoms with Gasteiger partial charge in [0.05, 0.1) is 18.6 Å². The van der Waals surface area contributed by atoms with E-state index in [4.69, 9.17) is 4.18 Å². The Bertz CT molecular complexity index is 808. The summed E-state index contributed by atoms with van der Waals surface area (Å²) in [5.74, 6) is -0.221. The Morgan fingerprint density at radius 2 is 1.50 bits per heavy atom. The Morgan fingerprint density at radius 3 is 2.08 bits per heavy atom. The number of rotatable bonds is 9. The summed E-state index contributed by atoms with van der Waals surface area (Å²) in [6, 6.07) is 14.5. The van der Waals surface area contributed by atoms with E-state index in [1.54, 1.807) is 24.3 Å². The molecule has 0 saturated heterocycles. The van der Waals surface area contributed by atoms with Crippen LogP contribution in [0.4, 0.5) is 0 Å². The van der Waals surface area contributed by atoms with E-state index in [2.05, 4.69) is 4.74 Å². The van der Waals surface area contributed by atoms with Gasteiger partial charge in [0.1, 0.15) is 0 Å². The number of hydrogen-bond donors (Lipinski definition) is 0. The smallest absolute Gasteiger partial charge is 0.305 e. The Labute approximate surface area is 155 Å². The Morgan fingerprint density at radius 1 is 0.923 bits per heavy atom. The molecule has 0 bridgehead atoms. The maximum Gasteiger partial charge on any atom is 0.305 e. The lowest BCUT2D eigenvalue weighted by atomic mass is 10.0. The lowest BCUT2D eigenvalue weighted by molar-refractivity contribution is -0.140. The maximum absolute atomic E-state index is 12.1. The second-order valence-electron chi connectivity index (χ2n) is 6.09. The molecule has 0 aliphatic carbocycles. The standard InChI is InChI=1S/C20H24O5S/c1-16-5-12-19(13-6-16)26(22,23)25-15-3-4-17-7-9-18(10-8-17)11-14-20(21)24-2/h5-10,12-13H,3-4,11,14-15H2,1-2H3. The number of ether oxygens (including phenoxy) is 1. The van der Waals surface area contributed by atoms with E-state index < -0.39 is 10.1 Å². The highest BCUT2D eigenvalue weighted by Gasteiger charge is 2.14. The van der Waals surface area contributed by atoms with Gasteiger partial charge in [-0.3, -0.25) is 8.98 Å². The summed E-state index contributed by atoms with van der Waals surface area (Å²) in [6.45, 7) is 2.04. The van der Waals surface area contributed by atoms with Crippen LogP contribution < -0.4 is 0 Å². The normalized spacial score (nSPS) is 11.3. The van der Waals surface area contributed by atoms with Crippen molar-refractivity contribution in [2.24, 2.45) is 0 Å². The van der Waals surface area contributed by atoms with Gasteiger partial charge in [0.25, 0.3) is 10.1 Å². The molecule has 0 N–H and O–H groups in total. The second-order valence-corrected chi connectivity index (χ2v) is 7.70. The molecule has 0 aromatic heterocycles. The van der Waals surface area contributed by atoms with Crippen molar-refractivity contribution in [2.45, 2.75) is 37.5 Å². The molecule has 0 aliphatic heterocycles. The number of methoxy groups -OCH3 is 1. The molecule has 0 saturated carbocycles. The minimum Gasteiger partial charge on any atom is -0.469 e. The Kier molecular flexibility index (Phi) is 7.36. The SMILES string of the molecule is COC(=O)CCc1ccc(CCCOS(=O)(=O)c2ccc(C)cc2)cc1. The summed E-state index contributed by atoms with van der Waals surface area (Å²) in [5.41, 5.74) is 3.17. The van der Waals surface area contributed by atoms with E-state index in [-0.39, 0.29) is 17.5 Å². The third-order valence-electron chi connectivity index (χ3n) is 4.03. The fourth-order valence-corrected chi connectivity index (χ4v) is 3.38. The first-order valence-corrected chi connectivity index (χ1v) is 9.92. The molecule has 140 valence electrons. The van der Waals surface area contributed by atoms with Gasteiger partial charge in [0.15, 0.2) is 0 Å². The van der Waals surface area contributed by atoms with E-state index in [0.717, 1.165) is 23.1 Å². The van der Waals surface area contributed by atoms with Crippen LogP contribution in [0.2, 0.25) is 0 Å². The lowest BCUT2D eigenvalue weighted by Gasteiger charge is -2.07. The van der Waals surface area contributed by atoms with Crippen LogP contribution in [-0.4, -0.2) is 28.1 Å². The zero-order valence-electron chi connectivity index (χ0n) is 15.1. The Hall–Kier alpha value is -2.18.